The molecule has 0 saturated carbocycles. The summed E-state index contributed by atoms with van der Waals surface area (Å²) in [4.78, 5) is 23.2. The first-order valence-corrected chi connectivity index (χ1v) is 10.6. The third-order valence-electron chi connectivity index (χ3n) is 3.89. The number of carbonyl (C=O) groups excluding carboxylic acids is 2. The molecule has 2 aromatic rings. The molecule has 0 bridgehead atoms. The minimum Gasteiger partial charge on any atom is -0.486 e. The molecule has 9 heteroatoms. The fraction of sp³-hybridized carbons (Fsp3) is 0.500. The van der Waals surface area contributed by atoms with Gasteiger partial charge in [-0.05, 0) is 37.0 Å². The maximum Gasteiger partial charge on any atom is 0.413 e. The van der Waals surface area contributed by atoms with Crippen molar-refractivity contribution in [2.45, 2.75) is 52.4 Å². The first kappa shape index (κ1) is 22.7. The third-order valence-corrected chi connectivity index (χ3v) is 4.86. The van der Waals surface area contributed by atoms with Gasteiger partial charge in [0.1, 0.15) is 12.4 Å². The molecule has 158 valence electrons. The molecule has 29 heavy (non-hydrogen) atoms. The van der Waals surface area contributed by atoms with Crippen LogP contribution < -0.4 is 10.1 Å². The lowest BCUT2D eigenvalue weighted by atomic mass is 10.2. The van der Waals surface area contributed by atoms with E-state index in [1.165, 1.54) is 17.3 Å². The van der Waals surface area contributed by atoms with Crippen molar-refractivity contribution in [3.05, 3.63) is 35.7 Å². The number of amides is 2. The van der Waals surface area contributed by atoms with E-state index in [0.29, 0.717) is 23.4 Å². The van der Waals surface area contributed by atoms with Crippen molar-refractivity contribution in [3.8, 4) is 5.75 Å². The summed E-state index contributed by atoms with van der Waals surface area (Å²) in [6.07, 6.45) is 0.234. The lowest BCUT2D eigenvalue weighted by molar-refractivity contribution is -0.117. The number of imide groups is 1. The van der Waals surface area contributed by atoms with Gasteiger partial charge in [0.2, 0.25) is 5.91 Å². The zero-order chi connectivity index (χ0) is 21.2. The molecular weight excluding hydrogens is 392 g/mol. The molecule has 0 unspecified atom stereocenters. The van der Waals surface area contributed by atoms with Crippen LogP contribution in [0.25, 0.3) is 0 Å². The Hall–Kier alpha value is -2.55. The highest BCUT2D eigenvalue weighted by atomic mass is 32.2. The van der Waals surface area contributed by atoms with Crippen LogP contribution in [0.15, 0.2) is 29.4 Å². The highest BCUT2D eigenvalue weighted by Crippen LogP contribution is 2.20. The minimum absolute atomic E-state index is 0.0361. The monoisotopic (exact) mass is 420 g/mol. The molecule has 0 aliphatic rings. The van der Waals surface area contributed by atoms with Crippen molar-refractivity contribution in [1.29, 1.82) is 0 Å². The van der Waals surface area contributed by atoms with Crippen molar-refractivity contribution in [2.24, 2.45) is 5.92 Å². The number of nitrogens with zero attached hydrogens (tertiary/aromatic N) is 3. The second-order valence-electron chi connectivity index (χ2n) is 6.75. The van der Waals surface area contributed by atoms with E-state index in [4.69, 9.17) is 9.47 Å². The van der Waals surface area contributed by atoms with Gasteiger partial charge in [0, 0.05) is 6.54 Å². The number of carbonyl (C=O) groups is 2. The number of rotatable bonds is 10. The molecule has 1 N–H and O–H groups in total. The summed E-state index contributed by atoms with van der Waals surface area (Å²) >= 11 is 1.22. The van der Waals surface area contributed by atoms with Gasteiger partial charge in [-0.15, -0.1) is 10.2 Å². The van der Waals surface area contributed by atoms with E-state index in [2.05, 4.69) is 36.3 Å². The van der Waals surface area contributed by atoms with Crippen LogP contribution in [0.4, 0.5) is 4.79 Å². The number of hydrogen-bond donors (Lipinski definition) is 1. The average molecular weight is 421 g/mol. The SMILES string of the molecule is CCOC(=O)NC(=O)CSc1nnc(COc2ccc(CC)cc2)n1CC(C)C. The third kappa shape index (κ3) is 7.41. The Morgan fingerprint density at radius 3 is 2.52 bits per heavy atom. The Bertz CT molecular complexity index is 805. The summed E-state index contributed by atoms with van der Waals surface area (Å²) in [7, 11) is 0. The number of thioether (sulfide) groups is 1. The molecule has 0 atom stereocenters. The zero-order valence-corrected chi connectivity index (χ0v) is 18.1. The van der Waals surface area contributed by atoms with Gasteiger partial charge in [0.25, 0.3) is 0 Å². The standard InChI is InChI=1S/C20H28N4O4S/c1-5-15-7-9-16(10-8-15)28-12-17-22-23-19(24(17)11-14(3)4)29-13-18(25)21-20(26)27-6-2/h7-10,14H,5-6,11-13H2,1-4H3,(H,21,25,26). The van der Waals surface area contributed by atoms with Crippen LogP contribution in [0.5, 0.6) is 5.75 Å². The summed E-state index contributed by atoms with van der Waals surface area (Å²) in [5, 5.41) is 11.2. The van der Waals surface area contributed by atoms with E-state index in [0.717, 1.165) is 12.2 Å². The van der Waals surface area contributed by atoms with Gasteiger partial charge in [-0.3, -0.25) is 10.1 Å². The predicted molar refractivity (Wildman–Crippen MR) is 111 cm³/mol. The summed E-state index contributed by atoms with van der Waals surface area (Å²) in [5.74, 6) is 1.41. The van der Waals surface area contributed by atoms with E-state index in [9.17, 15) is 9.59 Å². The van der Waals surface area contributed by atoms with Gasteiger partial charge in [0.15, 0.2) is 11.0 Å². The van der Waals surface area contributed by atoms with Gasteiger partial charge in [0.05, 0.1) is 12.4 Å². The molecule has 0 fully saturated rings. The van der Waals surface area contributed by atoms with Crippen molar-refractivity contribution >= 4 is 23.8 Å². The van der Waals surface area contributed by atoms with Crippen LogP contribution in [-0.2, 0) is 29.1 Å². The smallest absolute Gasteiger partial charge is 0.413 e. The maximum atomic E-state index is 11.9. The van der Waals surface area contributed by atoms with Crippen LogP contribution in [0.3, 0.4) is 0 Å². The average Bonchev–Trinajstić information content (AvgIpc) is 3.06. The fourth-order valence-corrected chi connectivity index (χ4v) is 3.26. The Morgan fingerprint density at radius 1 is 1.17 bits per heavy atom. The normalized spacial score (nSPS) is 10.8. The van der Waals surface area contributed by atoms with E-state index in [1.54, 1.807) is 6.92 Å². The van der Waals surface area contributed by atoms with Crippen molar-refractivity contribution < 1.29 is 19.1 Å². The van der Waals surface area contributed by atoms with Crippen LogP contribution >= 0.6 is 11.8 Å². The van der Waals surface area contributed by atoms with Gasteiger partial charge in [-0.25, -0.2) is 4.79 Å². The molecule has 0 radical (unpaired) electrons. The molecule has 1 aromatic carbocycles. The van der Waals surface area contributed by atoms with Crippen molar-refractivity contribution in [1.82, 2.24) is 20.1 Å². The summed E-state index contributed by atoms with van der Waals surface area (Å²) in [6, 6.07) is 7.96. The van der Waals surface area contributed by atoms with Crippen LogP contribution in [0, 0.1) is 5.92 Å². The molecule has 0 saturated heterocycles. The second-order valence-corrected chi connectivity index (χ2v) is 7.69. The second kappa shape index (κ2) is 11.5. The molecule has 0 aliphatic heterocycles. The zero-order valence-electron chi connectivity index (χ0n) is 17.3. The van der Waals surface area contributed by atoms with Crippen LogP contribution in [-0.4, -0.2) is 39.1 Å². The summed E-state index contributed by atoms with van der Waals surface area (Å²) in [5.41, 5.74) is 1.25. The molecule has 1 heterocycles. The van der Waals surface area contributed by atoms with Gasteiger partial charge in [-0.2, -0.15) is 0 Å². The molecule has 8 nitrogen and oxygen atoms in total. The molecule has 0 aliphatic carbocycles. The Kier molecular flexibility index (Phi) is 8.98. The molecule has 1 aromatic heterocycles. The lowest BCUT2D eigenvalue weighted by Crippen LogP contribution is -2.32. The maximum absolute atomic E-state index is 11.9. The fourth-order valence-electron chi connectivity index (χ4n) is 2.50. The van der Waals surface area contributed by atoms with E-state index < -0.39 is 12.0 Å². The van der Waals surface area contributed by atoms with E-state index in [-0.39, 0.29) is 19.0 Å². The number of hydrogen-bond acceptors (Lipinski definition) is 7. The predicted octanol–water partition coefficient (Wildman–Crippen LogP) is 3.44. The Balaban J connectivity index is 2.00. The van der Waals surface area contributed by atoms with Gasteiger partial charge >= 0.3 is 6.09 Å². The molecular formula is C20H28N4O4S. The topological polar surface area (TPSA) is 95.3 Å². The van der Waals surface area contributed by atoms with Crippen molar-refractivity contribution in [2.75, 3.05) is 12.4 Å². The molecule has 2 rings (SSSR count). The Labute approximate surface area is 175 Å². The number of nitrogens with one attached hydrogen (secondary N) is 1. The lowest BCUT2D eigenvalue weighted by Gasteiger charge is -2.13. The number of aromatic nitrogens is 3. The number of benzene rings is 1. The van der Waals surface area contributed by atoms with Gasteiger partial charge in [-0.1, -0.05) is 44.7 Å². The number of aryl methyl sites for hydroxylation is 1. The quantitative estimate of drug-likeness (QED) is 0.588. The number of alkyl carbamates (subject to hydrolysis) is 1. The Morgan fingerprint density at radius 2 is 1.90 bits per heavy atom. The largest absolute Gasteiger partial charge is 0.486 e. The van der Waals surface area contributed by atoms with Crippen LogP contribution in [0.2, 0.25) is 0 Å². The summed E-state index contributed by atoms with van der Waals surface area (Å²) in [6.45, 7) is 9.15. The highest BCUT2D eigenvalue weighted by Gasteiger charge is 2.17. The molecule has 2 amide bonds. The van der Waals surface area contributed by atoms with E-state index >= 15 is 0 Å². The van der Waals surface area contributed by atoms with Crippen LogP contribution in [0.1, 0.15) is 39.1 Å². The van der Waals surface area contributed by atoms with Gasteiger partial charge < -0.3 is 14.0 Å². The highest BCUT2D eigenvalue weighted by molar-refractivity contribution is 7.99. The molecule has 0 spiro atoms. The number of ether oxygens (including phenoxy) is 2. The first-order chi connectivity index (χ1) is 13.9. The first-order valence-electron chi connectivity index (χ1n) is 9.66. The minimum atomic E-state index is -0.745. The van der Waals surface area contributed by atoms with Crippen molar-refractivity contribution in [3.63, 3.8) is 0 Å². The van der Waals surface area contributed by atoms with E-state index in [1.807, 2.05) is 28.8 Å². The summed E-state index contributed by atoms with van der Waals surface area (Å²) < 4.78 is 12.5.